The zero-order valence-electron chi connectivity index (χ0n) is 9.81. The quantitative estimate of drug-likeness (QED) is 0.795. The molecule has 0 aliphatic carbocycles. The summed E-state index contributed by atoms with van der Waals surface area (Å²) in [6, 6.07) is 5.17. The zero-order chi connectivity index (χ0) is 10.8. The maximum absolute atomic E-state index is 4.40. The largest absolute Gasteiger partial charge is 0.382 e. The summed E-state index contributed by atoms with van der Waals surface area (Å²) in [5, 5.41) is 4.11. The standard InChI is InChI=1S/C12H14N3.Y/c1-9(2)10-4-5-12(13-6-10)11-7-14-15(3)8-11;/h5-9H,1-3H3;/q-1;. The fraction of sp³-hybridized carbons (Fsp3) is 0.333. The molecule has 2 aromatic rings. The van der Waals surface area contributed by atoms with Crippen molar-refractivity contribution < 1.29 is 32.7 Å². The summed E-state index contributed by atoms with van der Waals surface area (Å²) in [7, 11) is 1.90. The Bertz CT molecular complexity index is 446. The second-order valence-electron chi connectivity index (χ2n) is 3.94. The van der Waals surface area contributed by atoms with Gasteiger partial charge in [-0.1, -0.05) is 20.0 Å². The van der Waals surface area contributed by atoms with Gasteiger partial charge in [0.1, 0.15) is 0 Å². The molecule has 2 rings (SSSR count). The van der Waals surface area contributed by atoms with Crippen LogP contribution in [0.25, 0.3) is 11.3 Å². The Hall–Kier alpha value is -0.536. The number of pyridine rings is 1. The van der Waals surface area contributed by atoms with Crippen LogP contribution >= 0.6 is 0 Å². The Balaban J connectivity index is 0.00000128. The minimum Gasteiger partial charge on any atom is -0.382 e. The van der Waals surface area contributed by atoms with Gasteiger partial charge in [-0.25, -0.2) is 0 Å². The first kappa shape index (κ1) is 13.5. The predicted molar refractivity (Wildman–Crippen MR) is 59.4 cm³/mol. The number of aryl methyl sites for hydroxylation is 1. The number of rotatable bonds is 2. The minimum atomic E-state index is 0. The SMILES string of the molecule is CC(C)c1[c-]cc(-c2cnn(C)c2)nc1.[Y]. The van der Waals surface area contributed by atoms with Crippen molar-refractivity contribution in [3.63, 3.8) is 0 Å². The molecule has 0 atom stereocenters. The zero-order valence-corrected chi connectivity index (χ0v) is 12.6. The molecule has 0 fully saturated rings. The predicted octanol–water partition coefficient (Wildman–Crippen LogP) is 2.40. The fourth-order valence-electron chi connectivity index (χ4n) is 1.39. The van der Waals surface area contributed by atoms with Gasteiger partial charge in [-0.3, -0.25) is 4.68 Å². The molecule has 0 bridgehead atoms. The summed E-state index contributed by atoms with van der Waals surface area (Å²) in [6.07, 6.45) is 5.64. The average Bonchev–Trinajstić information content (AvgIpc) is 2.65. The summed E-state index contributed by atoms with van der Waals surface area (Å²) >= 11 is 0. The Morgan fingerprint density at radius 3 is 2.50 bits per heavy atom. The van der Waals surface area contributed by atoms with E-state index in [0.29, 0.717) is 5.92 Å². The topological polar surface area (TPSA) is 30.7 Å². The van der Waals surface area contributed by atoms with Crippen molar-refractivity contribution in [2.45, 2.75) is 19.8 Å². The molecule has 0 aliphatic heterocycles. The number of nitrogens with zero attached hydrogens (tertiary/aromatic N) is 3. The molecule has 0 spiro atoms. The van der Waals surface area contributed by atoms with Crippen molar-refractivity contribution in [3.05, 3.63) is 36.3 Å². The molecule has 2 aromatic heterocycles. The second-order valence-corrected chi connectivity index (χ2v) is 3.94. The third-order valence-electron chi connectivity index (χ3n) is 2.34. The van der Waals surface area contributed by atoms with E-state index >= 15 is 0 Å². The van der Waals surface area contributed by atoms with Gasteiger partial charge in [0.15, 0.2) is 0 Å². The smallest absolute Gasteiger partial charge is 0.0460 e. The van der Waals surface area contributed by atoms with Crippen LogP contribution in [0.15, 0.2) is 24.7 Å². The summed E-state index contributed by atoms with van der Waals surface area (Å²) in [4.78, 5) is 4.40. The molecule has 0 unspecified atom stereocenters. The molecule has 3 nitrogen and oxygen atoms in total. The minimum absolute atomic E-state index is 0. The van der Waals surface area contributed by atoms with Gasteiger partial charge in [-0.05, 0) is 17.2 Å². The molecule has 1 radical (unpaired) electrons. The molecule has 16 heavy (non-hydrogen) atoms. The molecule has 0 N–H and O–H groups in total. The third kappa shape index (κ3) is 2.99. The van der Waals surface area contributed by atoms with Crippen molar-refractivity contribution in [1.82, 2.24) is 14.8 Å². The summed E-state index contributed by atoms with van der Waals surface area (Å²) in [5.41, 5.74) is 3.10. The van der Waals surface area contributed by atoms with Crippen molar-refractivity contribution in [1.29, 1.82) is 0 Å². The molecule has 0 aromatic carbocycles. The van der Waals surface area contributed by atoms with E-state index in [1.807, 2.05) is 31.7 Å². The fourth-order valence-corrected chi connectivity index (χ4v) is 1.39. The van der Waals surface area contributed by atoms with E-state index < -0.39 is 0 Å². The van der Waals surface area contributed by atoms with E-state index in [-0.39, 0.29) is 32.7 Å². The first-order chi connectivity index (χ1) is 7.16. The first-order valence-electron chi connectivity index (χ1n) is 5.03. The van der Waals surface area contributed by atoms with Crippen LogP contribution in [0, 0.1) is 6.07 Å². The number of aromatic nitrogens is 3. The van der Waals surface area contributed by atoms with Crippen molar-refractivity contribution in [3.8, 4) is 11.3 Å². The van der Waals surface area contributed by atoms with Gasteiger partial charge in [-0.15, -0.1) is 5.56 Å². The molecule has 0 amide bonds. The Labute approximate surface area is 121 Å². The van der Waals surface area contributed by atoms with E-state index in [1.165, 1.54) is 0 Å². The summed E-state index contributed by atoms with van der Waals surface area (Å²) < 4.78 is 1.77. The molecule has 2 heterocycles. The molecule has 0 saturated heterocycles. The van der Waals surface area contributed by atoms with Crippen molar-refractivity contribution in [2.75, 3.05) is 0 Å². The van der Waals surface area contributed by atoms with Gasteiger partial charge in [0.25, 0.3) is 0 Å². The van der Waals surface area contributed by atoms with Gasteiger partial charge in [0, 0.05) is 52.2 Å². The van der Waals surface area contributed by atoms with Crippen LogP contribution in [0.4, 0.5) is 0 Å². The molecule has 81 valence electrons. The van der Waals surface area contributed by atoms with Crippen LogP contribution in [0.1, 0.15) is 25.3 Å². The van der Waals surface area contributed by atoms with Gasteiger partial charge < -0.3 is 4.98 Å². The number of hydrogen-bond donors (Lipinski definition) is 0. The van der Waals surface area contributed by atoms with E-state index in [2.05, 4.69) is 30.0 Å². The van der Waals surface area contributed by atoms with Crippen molar-refractivity contribution >= 4 is 0 Å². The van der Waals surface area contributed by atoms with E-state index in [4.69, 9.17) is 0 Å². The number of hydrogen-bond acceptors (Lipinski definition) is 2. The van der Waals surface area contributed by atoms with Crippen LogP contribution < -0.4 is 0 Å². The molecule has 0 aliphatic rings. The second kappa shape index (κ2) is 5.69. The molecule has 4 heteroatoms. The van der Waals surface area contributed by atoms with E-state index in [0.717, 1.165) is 16.8 Å². The van der Waals surface area contributed by atoms with Gasteiger partial charge >= 0.3 is 0 Å². The molecule has 0 saturated carbocycles. The monoisotopic (exact) mass is 289 g/mol. The molecular weight excluding hydrogens is 275 g/mol. The van der Waals surface area contributed by atoms with Crippen LogP contribution in [-0.4, -0.2) is 14.8 Å². The molecular formula is C12H14N3Y-. The van der Waals surface area contributed by atoms with Crippen LogP contribution in [-0.2, 0) is 39.8 Å². The summed E-state index contributed by atoms with van der Waals surface area (Å²) in [5.74, 6) is 0.473. The van der Waals surface area contributed by atoms with E-state index in [1.54, 1.807) is 4.68 Å². The van der Waals surface area contributed by atoms with Gasteiger partial charge in [-0.2, -0.15) is 17.2 Å². The maximum atomic E-state index is 4.40. The van der Waals surface area contributed by atoms with Crippen LogP contribution in [0.3, 0.4) is 0 Å². The maximum Gasteiger partial charge on any atom is 0.0460 e. The first-order valence-corrected chi connectivity index (χ1v) is 5.03. The van der Waals surface area contributed by atoms with Crippen LogP contribution in [0.5, 0.6) is 0 Å². The Morgan fingerprint density at radius 1 is 1.31 bits per heavy atom. The Morgan fingerprint density at radius 2 is 2.06 bits per heavy atom. The van der Waals surface area contributed by atoms with Crippen molar-refractivity contribution in [2.24, 2.45) is 7.05 Å². The Kier molecular flexibility index (Phi) is 4.81. The summed E-state index contributed by atoms with van der Waals surface area (Å²) in [6.45, 7) is 4.27. The van der Waals surface area contributed by atoms with Gasteiger partial charge in [0.05, 0.1) is 0 Å². The third-order valence-corrected chi connectivity index (χ3v) is 2.34. The normalized spacial score (nSPS) is 10.2. The van der Waals surface area contributed by atoms with Gasteiger partial charge in [0.2, 0.25) is 0 Å². The van der Waals surface area contributed by atoms with Crippen LogP contribution in [0.2, 0.25) is 0 Å². The average molecular weight is 289 g/mol. The van der Waals surface area contributed by atoms with E-state index in [9.17, 15) is 0 Å².